The zero-order valence-corrected chi connectivity index (χ0v) is 11.8. The van der Waals surface area contributed by atoms with Crippen molar-refractivity contribution in [2.45, 2.75) is 26.4 Å². The SMILES string of the molecule is Cc1cccc(CN2CCN(C(=O)[C@@H](C)N)CC2)c1. The quantitative estimate of drug-likeness (QED) is 0.882. The van der Waals surface area contributed by atoms with Crippen LogP contribution in [0.25, 0.3) is 0 Å². The van der Waals surface area contributed by atoms with Crippen LogP contribution in [0.4, 0.5) is 0 Å². The van der Waals surface area contributed by atoms with Crippen molar-refractivity contribution in [3.63, 3.8) is 0 Å². The molecule has 1 aliphatic heterocycles. The van der Waals surface area contributed by atoms with Crippen LogP contribution in [0.2, 0.25) is 0 Å². The number of carbonyl (C=O) groups excluding carboxylic acids is 1. The van der Waals surface area contributed by atoms with Crippen molar-refractivity contribution in [2.24, 2.45) is 5.73 Å². The molecule has 1 saturated heterocycles. The molecule has 19 heavy (non-hydrogen) atoms. The molecular weight excluding hydrogens is 238 g/mol. The van der Waals surface area contributed by atoms with Crippen molar-refractivity contribution in [1.82, 2.24) is 9.80 Å². The third-order valence-corrected chi connectivity index (χ3v) is 3.56. The Morgan fingerprint density at radius 2 is 2.00 bits per heavy atom. The Morgan fingerprint density at radius 3 is 2.58 bits per heavy atom. The minimum atomic E-state index is -0.386. The van der Waals surface area contributed by atoms with Gasteiger partial charge in [-0.25, -0.2) is 0 Å². The molecular formula is C15H23N3O. The van der Waals surface area contributed by atoms with E-state index in [9.17, 15) is 4.79 Å². The molecule has 1 atom stereocenters. The largest absolute Gasteiger partial charge is 0.339 e. The first-order valence-electron chi connectivity index (χ1n) is 6.88. The molecule has 0 unspecified atom stereocenters. The van der Waals surface area contributed by atoms with Crippen molar-refractivity contribution in [3.8, 4) is 0 Å². The number of nitrogens with two attached hydrogens (primary N) is 1. The summed E-state index contributed by atoms with van der Waals surface area (Å²) in [5, 5.41) is 0. The van der Waals surface area contributed by atoms with E-state index in [-0.39, 0.29) is 11.9 Å². The van der Waals surface area contributed by atoms with Crippen LogP contribution in [0.5, 0.6) is 0 Å². The highest BCUT2D eigenvalue weighted by atomic mass is 16.2. The average Bonchev–Trinajstić information content (AvgIpc) is 2.39. The first-order valence-corrected chi connectivity index (χ1v) is 6.88. The van der Waals surface area contributed by atoms with Crippen LogP contribution in [0.3, 0.4) is 0 Å². The molecule has 104 valence electrons. The van der Waals surface area contributed by atoms with E-state index in [2.05, 4.69) is 36.1 Å². The Bertz CT molecular complexity index is 437. The fraction of sp³-hybridized carbons (Fsp3) is 0.533. The number of carbonyl (C=O) groups is 1. The highest BCUT2D eigenvalue weighted by molar-refractivity contribution is 5.81. The van der Waals surface area contributed by atoms with Crippen molar-refractivity contribution >= 4 is 5.91 Å². The molecule has 1 aromatic rings. The van der Waals surface area contributed by atoms with Gasteiger partial charge in [0, 0.05) is 32.7 Å². The van der Waals surface area contributed by atoms with Crippen LogP contribution in [0, 0.1) is 6.92 Å². The summed E-state index contributed by atoms with van der Waals surface area (Å²) in [6.45, 7) is 8.24. The molecule has 1 fully saturated rings. The molecule has 1 amide bonds. The topological polar surface area (TPSA) is 49.6 Å². The van der Waals surface area contributed by atoms with E-state index in [0.717, 1.165) is 32.7 Å². The third kappa shape index (κ3) is 3.78. The molecule has 1 aromatic carbocycles. The molecule has 4 heteroatoms. The number of hydrogen-bond donors (Lipinski definition) is 1. The van der Waals surface area contributed by atoms with Gasteiger partial charge in [-0.2, -0.15) is 0 Å². The lowest BCUT2D eigenvalue weighted by Gasteiger charge is -2.35. The lowest BCUT2D eigenvalue weighted by molar-refractivity contribution is -0.134. The number of nitrogens with zero attached hydrogens (tertiary/aromatic N) is 2. The van der Waals surface area contributed by atoms with E-state index in [1.54, 1.807) is 6.92 Å². The van der Waals surface area contributed by atoms with Gasteiger partial charge in [0.05, 0.1) is 6.04 Å². The summed E-state index contributed by atoms with van der Waals surface area (Å²) >= 11 is 0. The van der Waals surface area contributed by atoms with Gasteiger partial charge < -0.3 is 10.6 Å². The summed E-state index contributed by atoms with van der Waals surface area (Å²) in [5.74, 6) is 0.0650. The number of benzene rings is 1. The van der Waals surface area contributed by atoms with Gasteiger partial charge >= 0.3 is 0 Å². The van der Waals surface area contributed by atoms with Crippen LogP contribution in [-0.4, -0.2) is 47.9 Å². The summed E-state index contributed by atoms with van der Waals surface area (Å²) in [5.41, 5.74) is 8.27. The first-order chi connectivity index (χ1) is 9.06. The number of piperazine rings is 1. The van der Waals surface area contributed by atoms with Crippen LogP contribution in [0.1, 0.15) is 18.1 Å². The second kappa shape index (κ2) is 6.17. The van der Waals surface area contributed by atoms with Gasteiger partial charge in [-0.1, -0.05) is 29.8 Å². The van der Waals surface area contributed by atoms with Gasteiger partial charge in [0.15, 0.2) is 0 Å². The first kappa shape index (κ1) is 14.0. The Labute approximate surface area is 115 Å². The lowest BCUT2D eigenvalue weighted by Crippen LogP contribution is -2.52. The van der Waals surface area contributed by atoms with Gasteiger partial charge in [-0.05, 0) is 19.4 Å². The monoisotopic (exact) mass is 261 g/mol. The van der Waals surface area contributed by atoms with Gasteiger partial charge in [0.1, 0.15) is 0 Å². The van der Waals surface area contributed by atoms with Gasteiger partial charge in [0.2, 0.25) is 5.91 Å². The number of amides is 1. The zero-order chi connectivity index (χ0) is 13.8. The second-order valence-corrected chi connectivity index (χ2v) is 5.38. The Hall–Kier alpha value is -1.39. The molecule has 0 aliphatic carbocycles. The van der Waals surface area contributed by atoms with Crippen molar-refractivity contribution in [1.29, 1.82) is 0 Å². The van der Waals surface area contributed by atoms with Crippen LogP contribution >= 0.6 is 0 Å². The molecule has 2 N–H and O–H groups in total. The predicted molar refractivity (Wildman–Crippen MR) is 76.7 cm³/mol. The van der Waals surface area contributed by atoms with E-state index < -0.39 is 0 Å². The summed E-state index contributed by atoms with van der Waals surface area (Å²) < 4.78 is 0. The number of aryl methyl sites for hydroxylation is 1. The molecule has 4 nitrogen and oxygen atoms in total. The minimum absolute atomic E-state index is 0.0650. The Kier molecular flexibility index (Phi) is 4.56. The van der Waals surface area contributed by atoms with E-state index in [1.807, 2.05) is 4.90 Å². The third-order valence-electron chi connectivity index (χ3n) is 3.56. The molecule has 0 spiro atoms. The minimum Gasteiger partial charge on any atom is -0.339 e. The lowest BCUT2D eigenvalue weighted by atomic mass is 10.1. The molecule has 0 bridgehead atoms. The van der Waals surface area contributed by atoms with Gasteiger partial charge in [0.25, 0.3) is 0 Å². The highest BCUT2D eigenvalue weighted by Crippen LogP contribution is 2.10. The maximum atomic E-state index is 11.8. The standard InChI is InChI=1S/C15H23N3O/c1-12-4-3-5-14(10-12)11-17-6-8-18(9-7-17)15(19)13(2)16/h3-5,10,13H,6-9,11,16H2,1-2H3/t13-/m1/s1. The summed E-state index contributed by atoms with van der Waals surface area (Å²) in [7, 11) is 0. The smallest absolute Gasteiger partial charge is 0.239 e. The zero-order valence-electron chi connectivity index (χ0n) is 11.8. The van der Waals surface area contributed by atoms with Crippen LogP contribution < -0.4 is 5.73 Å². The number of rotatable bonds is 3. The normalized spacial score (nSPS) is 18.4. The summed E-state index contributed by atoms with van der Waals surface area (Å²) in [6, 6.07) is 8.21. The van der Waals surface area contributed by atoms with Gasteiger partial charge in [-0.3, -0.25) is 9.69 Å². The van der Waals surface area contributed by atoms with E-state index in [4.69, 9.17) is 5.73 Å². The second-order valence-electron chi connectivity index (χ2n) is 5.38. The van der Waals surface area contributed by atoms with Gasteiger partial charge in [-0.15, -0.1) is 0 Å². The van der Waals surface area contributed by atoms with Crippen molar-refractivity contribution in [2.75, 3.05) is 26.2 Å². The molecule has 1 aliphatic rings. The van der Waals surface area contributed by atoms with E-state index >= 15 is 0 Å². The van der Waals surface area contributed by atoms with Crippen LogP contribution in [0.15, 0.2) is 24.3 Å². The summed E-state index contributed by atoms with van der Waals surface area (Å²) in [6.07, 6.45) is 0. The van der Waals surface area contributed by atoms with E-state index in [1.165, 1.54) is 11.1 Å². The summed E-state index contributed by atoms with van der Waals surface area (Å²) in [4.78, 5) is 16.1. The molecule has 0 aromatic heterocycles. The fourth-order valence-electron chi connectivity index (χ4n) is 2.48. The fourth-order valence-corrected chi connectivity index (χ4v) is 2.48. The van der Waals surface area contributed by atoms with Crippen molar-refractivity contribution in [3.05, 3.63) is 35.4 Å². The van der Waals surface area contributed by atoms with Crippen molar-refractivity contribution < 1.29 is 4.79 Å². The molecule has 0 radical (unpaired) electrons. The van der Waals surface area contributed by atoms with Crippen LogP contribution in [-0.2, 0) is 11.3 Å². The molecule has 1 heterocycles. The Balaban J connectivity index is 1.85. The maximum absolute atomic E-state index is 11.8. The molecule has 0 saturated carbocycles. The Morgan fingerprint density at radius 1 is 1.32 bits per heavy atom. The number of hydrogen-bond acceptors (Lipinski definition) is 3. The highest BCUT2D eigenvalue weighted by Gasteiger charge is 2.22. The van der Waals surface area contributed by atoms with E-state index in [0.29, 0.717) is 0 Å². The molecule has 2 rings (SSSR count). The maximum Gasteiger partial charge on any atom is 0.239 e. The predicted octanol–water partition coefficient (Wildman–Crippen LogP) is 0.986. The average molecular weight is 261 g/mol.